The largest absolute Gasteiger partial charge is 0.462 e. The third-order valence-corrected chi connectivity index (χ3v) is 12.3. The molecule has 0 aliphatic carbocycles. The van der Waals surface area contributed by atoms with Crippen molar-refractivity contribution in [2.45, 2.75) is 309 Å². The Bertz CT molecular complexity index is 871. The van der Waals surface area contributed by atoms with E-state index in [0.29, 0.717) is 26.1 Å². The van der Waals surface area contributed by atoms with Crippen molar-refractivity contribution in [3.8, 4) is 0 Å². The molecule has 0 unspecified atom stereocenters. The minimum Gasteiger partial charge on any atom is -0.462 e. The summed E-state index contributed by atoms with van der Waals surface area (Å²) in [5, 5.41) is 0. The number of ether oxygens (including phenoxy) is 3. The summed E-state index contributed by atoms with van der Waals surface area (Å²) >= 11 is 0. The average Bonchev–Trinajstić information content (AvgIpc) is 3.25. The van der Waals surface area contributed by atoms with Crippen LogP contribution in [0.2, 0.25) is 0 Å². The van der Waals surface area contributed by atoms with Gasteiger partial charge in [0.25, 0.3) is 0 Å². The first-order chi connectivity index (χ1) is 29.6. The molecule has 0 radical (unpaired) electrons. The van der Waals surface area contributed by atoms with Gasteiger partial charge in [0.1, 0.15) is 6.61 Å². The average molecular weight is 847 g/mol. The normalized spacial score (nSPS) is 12.1. The van der Waals surface area contributed by atoms with Crippen LogP contribution in [0.3, 0.4) is 0 Å². The molecule has 0 rings (SSSR count). The zero-order chi connectivity index (χ0) is 43.5. The molecule has 5 heteroatoms. The lowest BCUT2D eigenvalue weighted by Gasteiger charge is -2.18. The summed E-state index contributed by atoms with van der Waals surface area (Å²) in [7, 11) is 0. The molecule has 0 N–H and O–H groups in total. The van der Waals surface area contributed by atoms with E-state index in [2.05, 4.69) is 32.9 Å². The van der Waals surface area contributed by atoms with Gasteiger partial charge in [0.15, 0.2) is 6.10 Å². The van der Waals surface area contributed by atoms with Crippen molar-refractivity contribution >= 4 is 11.9 Å². The van der Waals surface area contributed by atoms with Crippen LogP contribution in [0.1, 0.15) is 303 Å². The first-order valence-corrected chi connectivity index (χ1v) is 27.2. The smallest absolute Gasteiger partial charge is 0.306 e. The molecule has 0 aromatic heterocycles. The quantitative estimate of drug-likeness (QED) is 0.0347. The Morgan fingerprint density at radius 3 is 1.07 bits per heavy atom. The minimum absolute atomic E-state index is 0.0902. The van der Waals surface area contributed by atoms with E-state index in [0.717, 1.165) is 44.9 Å². The molecular formula is C55H106O5. The zero-order valence-electron chi connectivity index (χ0n) is 41.0. The fourth-order valence-electron chi connectivity index (χ4n) is 8.20. The molecule has 0 aliphatic rings. The highest BCUT2D eigenvalue weighted by Gasteiger charge is 2.17. The molecule has 356 valence electrons. The van der Waals surface area contributed by atoms with Crippen LogP contribution in [0, 0.1) is 0 Å². The van der Waals surface area contributed by atoms with E-state index in [-0.39, 0.29) is 18.5 Å². The molecule has 1 atom stereocenters. The monoisotopic (exact) mass is 847 g/mol. The maximum absolute atomic E-state index is 12.8. The van der Waals surface area contributed by atoms with Gasteiger partial charge in [-0.1, -0.05) is 264 Å². The van der Waals surface area contributed by atoms with Gasteiger partial charge >= 0.3 is 11.9 Å². The number of carbonyl (C=O) groups is 2. The minimum atomic E-state index is -0.529. The van der Waals surface area contributed by atoms with Crippen LogP contribution in [0.5, 0.6) is 0 Å². The summed E-state index contributed by atoms with van der Waals surface area (Å²) in [5.41, 5.74) is 0. The third-order valence-electron chi connectivity index (χ3n) is 12.3. The topological polar surface area (TPSA) is 61.8 Å². The summed E-state index contributed by atoms with van der Waals surface area (Å²) in [6, 6.07) is 0. The molecular weight excluding hydrogens is 741 g/mol. The standard InChI is InChI=1S/C55H106O5/c1-4-7-10-13-16-19-22-24-26-28-29-31-34-37-40-43-46-49-55(57)60-53(52-59-54(56)48-45-42-39-36-33-21-18-15-12-9-6-3)51-58-50-47-44-41-38-35-32-30-27-25-23-20-17-14-11-8-5-2/h15,18,53H,4-14,16-17,19-52H2,1-3H3/b18-15-/t53-/m1/s1. The van der Waals surface area contributed by atoms with Crippen LogP contribution in [-0.2, 0) is 23.8 Å². The van der Waals surface area contributed by atoms with Gasteiger partial charge in [0, 0.05) is 19.4 Å². The number of esters is 2. The van der Waals surface area contributed by atoms with E-state index in [1.807, 2.05) is 0 Å². The Morgan fingerprint density at radius 1 is 0.350 bits per heavy atom. The summed E-state index contributed by atoms with van der Waals surface area (Å²) < 4.78 is 17.4. The summed E-state index contributed by atoms with van der Waals surface area (Å²) in [6.07, 6.45) is 59.4. The lowest BCUT2D eigenvalue weighted by atomic mass is 10.0. The molecule has 0 aromatic rings. The van der Waals surface area contributed by atoms with Crippen molar-refractivity contribution in [2.75, 3.05) is 19.8 Å². The molecule has 5 nitrogen and oxygen atoms in total. The number of unbranched alkanes of at least 4 members (excludes halogenated alkanes) is 38. The Hall–Kier alpha value is -1.36. The second kappa shape index (κ2) is 52.0. The molecule has 0 fully saturated rings. The van der Waals surface area contributed by atoms with Gasteiger partial charge in [-0.25, -0.2) is 0 Å². The van der Waals surface area contributed by atoms with Crippen LogP contribution in [0.15, 0.2) is 12.2 Å². The number of carbonyl (C=O) groups excluding carboxylic acids is 2. The summed E-state index contributed by atoms with van der Waals surface area (Å²) in [5.74, 6) is -0.385. The molecule has 0 aromatic carbocycles. The van der Waals surface area contributed by atoms with Crippen LogP contribution in [-0.4, -0.2) is 37.9 Å². The Kier molecular flexibility index (Phi) is 50.8. The van der Waals surface area contributed by atoms with E-state index in [9.17, 15) is 9.59 Å². The van der Waals surface area contributed by atoms with Crippen LogP contribution in [0.25, 0.3) is 0 Å². The van der Waals surface area contributed by atoms with Gasteiger partial charge in [-0.2, -0.15) is 0 Å². The van der Waals surface area contributed by atoms with E-state index >= 15 is 0 Å². The van der Waals surface area contributed by atoms with Crippen molar-refractivity contribution in [3.05, 3.63) is 12.2 Å². The Labute approximate surface area is 375 Å². The van der Waals surface area contributed by atoms with Crippen molar-refractivity contribution in [2.24, 2.45) is 0 Å². The highest BCUT2D eigenvalue weighted by Crippen LogP contribution is 2.17. The fourth-order valence-corrected chi connectivity index (χ4v) is 8.20. The molecule has 0 saturated heterocycles. The molecule has 0 heterocycles. The predicted octanol–water partition coefficient (Wildman–Crippen LogP) is 18.2. The van der Waals surface area contributed by atoms with Crippen molar-refractivity contribution in [1.82, 2.24) is 0 Å². The van der Waals surface area contributed by atoms with Gasteiger partial charge in [-0.05, 0) is 38.5 Å². The summed E-state index contributed by atoms with van der Waals surface area (Å²) in [6.45, 7) is 7.86. The van der Waals surface area contributed by atoms with E-state index in [4.69, 9.17) is 14.2 Å². The second-order valence-corrected chi connectivity index (χ2v) is 18.5. The molecule has 0 spiro atoms. The van der Waals surface area contributed by atoms with Gasteiger partial charge in [0.05, 0.1) is 6.61 Å². The molecule has 0 bridgehead atoms. The third kappa shape index (κ3) is 49.3. The predicted molar refractivity (Wildman–Crippen MR) is 261 cm³/mol. The highest BCUT2D eigenvalue weighted by molar-refractivity contribution is 5.70. The van der Waals surface area contributed by atoms with Crippen molar-refractivity contribution < 1.29 is 23.8 Å². The highest BCUT2D eigenvalue weighted by atomic mass is 16.6. The first-order valence-electron chi connectivity index (χ1n) is 27.2. The Balaban J connectivity index is 4.18. The molecule has 0 amide bonds. The first kappa shape index (κ1) is 58.6. The Morgan fingerprint density at radius 2 is 0.667 bits per heavy atom. The van der Waals surface area contributed by atoms with E-state index in [1.54, 1.807) is 0 Å². The SMILES string of the molecule is CCCC/C=C\CCCCCCCC(=O)OC[C@@H](COCCCCCCCCCCCCCCCCCC)OC(=O)CCCCCCCCCCCCCCCCCCC. The maximum Gasteiger partial charge on any atom is 0.306 e. The van der Waals surface area contributed by atoms with Crippen LogP contribution in [0.4, 0.5) is 0 Å². The number of allylic oxidation sites excluding steroid dienone is 2. The lowest BCUT2D eigenvalue weighted by Crippen LogP contribution is -2.30. The van der Waals surface area contributed by atoms with Crippen molar-refractivity contribution in [1.29, 1.82) is 0 Å². The summed E-state index contributed by atoms with van der Waals surface area (Å²) in [4.78, 5) is 25.4. The molecule has 0 saturated carbocycles. The van der Waals surface area contributed by atoms with E-state index in [1.165, 1.54) is 225 Å². The number of hydrogen-bond donors (Lipinski definition) is 0. The van der Waals surface area contributed by atoms with E-state index < -0.39 is 6.10 Å². The molecule has 0 aliphatic heterocycles. The van der Waals surface area contributed by atoms with Crippen LogP contribution < -0.4 is 0 Å². The van der Waals surface area contributed by atoms with Gasteiger partial charge in [-0.3, -0.25) is 9.59 Å². The number of rotatable bonds is 51. The maximum atomic E-state index is 12.8. The number of hydrogen-bond acceptors (Lipinski definition) is 5. The van der Waals surface area contributed by atoms with Gasteiger partial charge in [-0.15, -0.1) is 0 Å². The fraction of sp³-hybridized carbons (Fsp3) is 0.927. The second-order valence-electron chi connectivity index (χ2n) is 18.5. The molecule has 60 heavy (non-hydrogen) atoms. The lowest BCUT2D eigenvalue weighted by molar-refractivity contribution is -0.163. The van der Waals surface area contributed by atoms with Crippen molar-refractivity contribution in [3.63, 3.8) is 0 Å². The van der Waals surface area contributed by atoms with Gasteiger partial charge < -0.3 is 14.2 Å². The zero-order valence-corrected chi connectivity index (χ0v) is 41.0. The van der Waals surface area contributed by atoms with Gasteiger partial charge in [0.2, 0.25) is 0 Å². The van der Waals surface area contributed by atoms with Crippen LogP contribution >= 0.6 is 0 Å².